The predicted molar refractivity (Wildman–Crippen MR) is 102 cm³/mol. The number of anilines is 2. The van der Waals surface area contributed by atoms with Gasteiger partial charge in [0.2, 0.25) is 5.91 Å². The molecule has 0 aliphatic carbocycles. The van der Waals surface area contributed by atoms with Gasteiger partial charge in [0.25, 0.3) is 0 Å². The summed E-state index contributed by atoms with van der Waals surface area (Å²) in [5, 5.41) is 12.4. The molecule has 3 rings (SSSR count). The number of nitrogens with zero attached hydrogens (tertiary/aromatic N) is 1. The second kappa shape index (κ2) is 8.04. The minimum Gasteiger partial charge on any atom is -0.481 e. The third-order valence-corrected chi connectivity index (χ3v) is 4.75. The van der Waals surface area contributed by atoms with Gasteiger partial charge in [0.05, 0.1) is 6.04 Å². The summed E-state index contributed by atoms with van der Waals surface area (Å²) in [5.41, 5.74) is 3.07. The van der Waals surface area contributed by atoms with E-state index in [0.29, 0.717) is 6.42 Å². The number of carbonyl (C=O) groups excluding carboxylic acids is 1. The molecule has 0 radical (unpaired) electrons. The van der Waals surface area contributed by atoms with E-state index in [1.807, 2.05) is 60.4 Å². The fourth-order valence-electron chi connectivity index (χ4n) is 3.58. The molecule has 0 spiro atoms. The van der Waals surface area contributed by atoms with Gasteiger partial charge in [-0.15, -0.1) is 0 Å². The van der Waals surface area contributed by atoms with Crippen molar-refractivity contribution in [3.63, 3.8) is 0 Å². The van der Waals surface area contributed by atoms with Gasteiger partial charge in [-0.25, -0.2) is 0 Å². The van der Waals surface area contributed by atoms with E-state index in [9.17, 15) is 9.59 Å². The summed E-state index contributed by atoms with van der Waals surface area (Å²) in [6, 6.07) is 18.2. The molecule has 0 fully saturated rings. The second-order valence-corrected chi connectivity index (χ2v) is 6.72. The minimum absolute atomic E-state index is 0.00985. The molecule has 2 N–H and O–H groups in total. The van der Waals surface area contributed by atoms with E-state index in [2.05, 4.69) is 11.4 Å². The van der Waals surface area contributed by atoms with Crippen LogP contribution in [0, 0.1) is 0 Å². The van der Waals surface area contributed by atoms with Crippen molar-refractivity contribution in [3.05, 3.63) is 60.2 Å². The zero-order valence-electron chi connectivity index (χ0n) is 14.9. The number of fused-ring (bicyclic) bond motifs is 1. The third kappa shape index (κ3) is 4.04. The van der Waals surface area contributed by atoms with Crippen molar-refractivity contribution >= 4 is 23.3 Å². The Morgan fingerprint density at radius 3 is 2.50 bits per heavy atom. The number of benzene rings is 2. The second-order valence-electron chi connectivity index (χ2n) is 6.72. The number of hydrogen-bond donors (Lipinski definition) is 2. The van der Waals surface area contributed by atoms with Crippen molar-refractivity contribution in [2.45, 2.75) is 44.7 Å². The van der Waals surface area contributed by atoms with Crippen LogP contribution in [0.15, 0.2) is 54.6 Å². The lowest BCUT2D eigenvalue weighted by atomic mass is 9.91. The molecule has 2 aromatic rings. The monoisotopic (exact) mass is 352 g/mol. The van der Waals surface area contributed by atoms with Crippen LogP contribution in [0.5, 0.6) is 0 Å². The van der Waals surface area contributed by atoms with E-state index < -0.39 is 5.97 Å². The molecule has 136 valence electrons. The fourth-order valence-corrected chi connectivity index (χ4v) is 3.58. The highest BCUT2D eigenvalue weighted by Crippen LogP contribution is 2.39. The van der Waals surface area contributed by atoms with Crippen LogP contribution in [0.3, 0.4) is 0 Å². The highest BCUT2D eigenvalue weighted by atomic mass is 16.4. The Morgan fingerprint density at radius 1 is 1.08 bits per heavy atom. The highest BCUT2D eigenvalue weighted by molar-refractivity contribution is 5.95. The first-order valence-corrected chi connectivity index (χ1v) is 9.00. The molecule has 1 aliphatic heterocycles. The zero-order valence-corrected chi connectivity index (χ0v) is 14.9. The van der Waals surface area contributed by atoms with Crippen molar-refractivity contribution in [2.75, 3.05) is 10.2 Å². The molecule has 2 atom stereocenters. The van der Waals surface area contributed by atoms with Crippen LogP contribution in [-0.4, -0.2) is 23.0 Å². The Bertz CT molecular complexity index is 776. The third-order valence-electron chi connectivity index (χ3n) is 4.75. The van der Waals surface area contributed by atoms with Crippen molar-refractivity contribution in [1.82, 2.24) is 0 Å². The number of rotatable bonds is 6. The number of nitrogens with one attached hydrogen (secondary N) is 1. The molecular weight excluding hydrogens is 328 g/mol. The van der Waals surface area contributed by atoms with Gasteiger partial charge in [-0.2, -0.15) is 0 Å². The van der Waals surface area contributed by atoms with Crippen LogP contribution in [0.4, 0.5) is 11.4 Å². The van der Waals surface area contributed by atoms with E-state index >= 15 is 0 Å². The molecular formula is C21H24N2O3. The molecule has 2 unspecified atom stereocenters. The summed E-state index contributed by atoms with van der Waals surface area (Å²) >= 11 is 0. The first-order chi connectivity index (χ1) is 12.6. The number of para-hydroxylation sites is 2. The molecule has 1 amide bonds. The molecule has 0 saturated carbocycles. The van der Waals surface area contributed by atoms with Gasteiger partial charge >= 0.3 is 5.97 Å². The maximum Gasteiger partial charge on any atom is 0.303 e. The summed E-state index contributed by atoms with van der Waals surface area (Å²) in [5.74, 6) is -0.874. The molecule has 2 aromatic carbocycles. The Hall–Kier alpha value is -2.82. The molecule has 0 bridgehead atoms. The SMILES string of the molecule is CC1CC(Nc2ccccc2)c2ccccc2N1C(=O)CCCC(=O)O. The summed E-state index contributed by atoms with van der Waals surface area (Å²) in [4.78, 5) is 25.3. The number of carbonyl (C=O) groups is 2. The first kappa shape index (κ1) is 18.0. The van der Waals surface area contributed by atoms with Gasteiger partial charge in [0, 0.05) is 30.3 Å². The van der Waals surface area contributed by atoms with Gasteiger partial charge in [-0.1, -0.05) is 36.4 Å². The summed E-state index contributed by atoms with van der Waals surface area (Å²) in [7, 11) is 0. The summed E-state index contributed by atoms with van der Waals surface area (Å²) < 4.78 is 0. The number of aliphatic carboxylic acids is 1. The van der Waals surface area contributed by atoms with Crippen LogP contribution < -0.4 is 10.2 Å². The quantitative estimate of drug-likeness (QED) is 0.817. The number of hydrogen-bond acceptors (Lipinski definition) is 3. The minimum atomic E-state index is -0.864. The Balaban J connectivity index is 1.81. The standard InChI is InChI=1S/C21H24N2O3/c1-15-14-18(22-16-8-3-2-4-9-16)17-10-5-6-11-19(17)23(15)20(24)12-7-13-21(25)26/h2-6,8-11,15,18,22H,7,12-14H2,1H3,(H,25,26). The van der Waals surface area contributed by atoms with Crippen molar-refractivity contribution < 1.29 is 14.7 Å². The van der Waals surface area contributed by atoms with Gasteiger partial charge in [0.1, 0.15) is 0 Å². The summed E-state index contributed by atoms with van der Waals surface area (Å²) in [6.45, 7) is 2.05. The molecule has 0 aromatic heterocycles. The van der Waals surface area contributed by atoms with E-state index in [-0.39, 0.29) is 30.8 Å². The number of carboxylic acids is 1. The number of carboxylic acid groups (broad SMARTS) is 1. The zero-order chi connectivity index (χ0) is 18.5. The lowest BCUT2D eigenvalue weighted by molar-refractivity contribution is -0.137. The van der Waals surface area contributed by atoms with Crippen LogP contribution >= 0.6 is 0 Å². The topological polar surface area (TPSA) is 69.6 Å². The maximum absolute atomic E-state index is 12.7. The Kier molecular flexibility index (Phi) is 5.56. The van der Waals surface area contributed by atoms with Crippen molar-refractivity contribution in [2.24, 2.45) is 0 Å². The lowest BCUT2D eigenvalue weighted by Crippen LogP contribution is -2.44. The molecule has 0 saturated heterocycles. The van der Waals surface area contributed by atoms with Crippen molar-refractivity contribution in [1.29, 1.82) is 0 Å². The predicted octanol–water partition coefficient (Wildman–Crippen LogP) is 4.22. The Morgan fingerprint density at radius 2 is 1.77 bits per heavy atom. The average Bonchev–Trinajstić information content (AvgIpc) is 2.62. The fraction of sp³-hybridized carbons (Fsp3) is 0.333. The smallest absolute Gasteiger partial charge is 0.303 e. The number of amides is 1. The lowest BCUT2D eigenvalue weighted by Gasteiger charge is -2.40. The Labute approximate surface area is 153 Å². The van der Waals surface area contributed by atoms with E-state index in [1.165, 1.54) is 0 Å². The first-order valence-electron chi connectivity index (χ1n) is 9.00. The van der Waals surface area contributed by atoms with Gasteiger partial charge in [-0.05, 0) is 43.5 Å². The van der Waals surface area contributed by atoms with Crippen LogP contribution in [0.25, 0.3) is 0 Å². The summed E-state index contributed by atoms with van der Waals surface area (Å²) in [6.07, 6.45) is 1.44. The van der Waals surface area contributed by atoms with E-state index in [4.69, 9.17) is 5.11 Å². The molecule has 5 nitrogen and oxygen atoms in total. The molecule has 1 heterocycles. The van der Waals surface area contributed by atoms with Crippen LogP contribution in [0.2, 0.25) is 0 Å². The van der Waals surface area contributed by atoms with Gasteiger partial charge in [-0.3, -0.25) is 9.59 Å². The molecule has 1 aliphatic rings. The van der Waals surface area contributed by atoms with Gasteiger partial charge < -0.3 is 15.3 Å². The van der Waals surface area contributed by atoms with E-state index in [0.717, 1.165) is 23.4 Å². The highest BCUT2D eigenvalue weighted by Gasteiger charge is 2.33. The van der Waals surface area contributed by atoms with E-state index in [1.54, 1.807) is 0 Å². The van der Waals surface area contributed by atoms with Crippen LogP contribution in [0.1, 0.15) is 44.2 Å². The molecule has 26 heavy (non-hydrogen) atoms. The maximum atomic E-state index is 12.7. The normalized spacial score (nSPS) is 18.9. The largest absolute Gasteiger partial charge is 0.481 e. The van der Waals surface area contributed by atoms with Gasteiger partial charge in [0.15, 0.2) is 0 Å². The van der Waals surface area contributed by atoms with Crippen LogP contribution in [-0.2, 0) is 9.59 Å². The molecule has 5 heteroatoms. The average molecular weight is 352 g/mol. The van der Waals surface area contributed by atoms with Crippen molar-refractivity contribution in [3.8, 4) is 0 Å².